The average molecular weight is 132 g/mol. The molecule has 2 atom stereocenters. The van der Waals surface area contributed by atoms with Gasteiger partial charge in [-0.05, 0) is 13.8 Å². The Bertz CT molecular complexity index is 84.2. The van der Waals surface area contributed by atoms with Gasteiger partial charge in [0.2, 0.25) is 0 Å². The van der Waals surface area contributed by atoms with Crippen LogP contribution in [0.2, 0.25) is 0 Å². The smallest absolute Gasteiger partial charge is 0.316 e. The lowest BCUT2D eigenvalue weighted by molar-refractivity contribution is -0.0361. The van der Waals surface area contributed by atoms with E-state index in [2.05, 4.69) is 0 Å². The van der Waals surface area contributed by atoms with Crippen LogP contribution in [-0.2, 0) is 4.79 Å². The summed E-state index contributed by atoms with van der Waals surface area (Å²) < 4.78 is 0. The van der Waals surface area contributed by atoms with Crippen LogP contribution >= 0.6 is 0 Å². The van der Waals surface area contributed by atoms with Crippen molar-refractivity contribution >= 4 is 6.41 Å². The van der Waals surface area contributed by atoms with Gasteiger partial charge in [0.05, 0.1) is 0 Å². The van der Waals surface area contributed by atoms with Gasteiger partial charge in [-0.2, -0.15) is 0 Å². The average Bonchev–Trinajstić information content (AvgIpc) is 1.64. The lowest BCUT2D eigenvalue weighted by Crippen LogP contribution is -2.38. The predicted molar refractivity (Wildman–Crippen MR) is 30.9 cm³/mol. The third-order valence-electron chi connectivity index (χ3n) is 0.911. The maximum Gasteiger partial charge on any atom is 0.316 e. The number of nitrogens with zero attached hydrogens (tertiary/aromatic N) is 1. The Labute approximate surface area is 53.7 Å². The molecule has 53 valence electrons. The van der Waals surface area contributed by atoms with E-state index in [1.807, 2.05) is 0 Å². The van der Waals surface area contributed by atoms with E-state index in [-0.39, 0.29) is 0 Å². The summed E-state index contributed by atoms with van der Waals surface area (Å²) in [6, 6.07) is 0. The normalized spacial score (nSPS) is 16.4. The van der Waals surface area contributed by atoms with Gasteiger partial charge >= 0.3 is 6.41 Å². The topological polar surface area (TPSA) is 60.8 Å². The Hall–Kier alpha value is -0.610. The van der Waals surface area contributed by atoms with Crippen LogP contribution in [0.1, 0.15) is 13.8 Å². The largest absolute Gasteiger partial charge is 0.374 e. The van der Waals surface area contributed by atoms with E-state index < -0.39 is 12.5 Å². The zero-order chi connectivity index (χ0) is 7.44. The van der Waals surface area contributed by atoms with E-state index in [1.165, 1.54) is 20.3 Å². The molecule has 2 N–H and O–H groups in total. The number of hydrogen-bond acceptors (Lipinski definition) is 3. The van der Waals surface area contributed by atoms with E-state index in [0.29, 0.717) is 0 Å². The quantitative estimate of drug-likeness (QED) is 0.384. The van der Waals surface area contributed by atoms with Crippen molar-refractivity contribution < 1.29 is 15.0 Å². The highest BCUT2D eigenvalue weighted by Crippen LogP contribution is 1.94. The Morgan fingerprint density at radius 1 is 1.33 bits per heavy atom. The highest BCUT2D eigenvalue weighted by Gasteiger charge is 2.13. The first-order chi connectivity index (χ1) is 4.09. The second-order valence-electron chi connectivity index (χ2n) is 1.76. The van der Waals surface area contributed by atoms with Crippen molar-refractivity contribution in [3.05, 3.63) is 0 Å². The van der Waals surface area contributed by atoms with Gasteiger partial charge in [0.15, 0.2) is 0 Å². The maximum atomic E-state index is 9.87. The summed E-state index contributed by atoms with van der Waals surface area (Å²) in [6.07, 6.45) is -0.583. The van der Waals surface area contributed by atoms with Gasteiger partial charge in [0.1, 0.15) is 12.5 Å². The van der Waals surface area contributed by atoms with E-state index in [9.17, 15) is 4.79 Å². The fraction of sp³-hybridized carbons (Fsp3) is 0.800. The van der Waals surface area contributed by atoms with Crippen molar-refractivity contribution in [2.45, 2.75) is 26.3 Å². The van der Waals surface area contributed by atoms with Crippen LogP contribution in [0.3, 0.4) is 0 Å². The first kappa shape index (κ1) is 8.39. The second-order valence-corrected chi connectivity index (χ2v) is 1.76. The van der Waals surface area contributed by atoms with E-state index in [4.69, 9.17) is 10.2 Å². The second kappa shape index (κ2) is 3.42. The van der Waals surface area contributed by atoms with Crippen molar-refractivity contribution in [2.75, 3.05) is 0 Å². The van der Waals surface area contributed by atoms with Crippen LogP contribution < -0.4 is 0 Å². The van der Waals surface area contributed by atoms with Gasteiger partial charge < -0.3 is 10.2 Å². The monoisotopic (exact) mass is 132 g/mol. The Kier molecular flexibility index (Phi) is 3.19. The van der Waals surface area contributed by atoms with Crippen LogP contribution in [0.15, 0.2) is 0 Å². The molecule has 9 heavy (non-hydrogen) atoms. The molecule has 1 amide bonds. The van der Waals surface area contributed by atoms with Gasteiger partial charge in [0.25, 0.3) is 0 Å². The van der Waals surface area contributed by atoms with Crippen LogP contribution in [0.5, 0.6) is 0 Å². The lowest BCUT2D eigenvalue weighted by Gasteiger charge is -2.21. The van der Waals surface area contributed by atoms with E-state index in [0.717, 1.165) is 4.90 Å². The van der Waals surface area contributed by atoms with Crippen LogP contribution in [0.4, 0.5) is 0 Å². The number of hydrogen-bond donors (Lipinski definition) is 2. The molecule has 0 rings (SSSR count). The fourth-order valence-corrected chi connectivity index (χ4v) is 0.465. The highest BCUT2D eigenvalue weighted by atomic mass is 16.3. The van der Waals surface area contributed by atoms with Crippen molar-refractivity contribution in [3.8, 4) is 0 Å². The molecular formula is C5H10NO3. The number of rotatable bonds is 3. The molecule has 0 aliphatic carbocycles. The highest BCUT2D eigenvalue weighted by molar-refractivity contribution is 5.48. The van der Waals surface area contributed by atoms with E-state index >= 15 is 0 Å². The summed E-state index contributed by atoms with van der Waals surface area (Å²) in [4.78, 5) is 10.6. The minimum Gasteiger partial charge on any atom is -0.374 e. The minimum atomic E-state index is -0.984. The molecule has 0 aromatic rings. The summed E-state index contributed by atoms with van der Waals surface area (Å²) in [7, 11) is 0. The van der Waals surface area contributed by atoms with Gasteiger partial charge in [-0.3, -0.25) is 9.69 Å². The Balaban J connectivity index is 3.82. The molecule has 0 saturated carbocycles. The lowest BCUT2D eigenvalue weighted by atomic mass is 10.5. The molecule has 0 bridgehead atoms. The number of aliphatic hydroxyl groups is 2. The standard InChI is InChI=1S/C5H10NO3/c1-4(8)6(3-7)5(2)9/h4-5,8-9H,1-2H3. The Morgan fingerprint density at radius 3 is 1.67 bits per heavy atom. The molecule has 0 fully saturated rings. The van der Waals surface area contributed by atoms with Crippen molar-refractivity contribution in [1.82, 2.24) is 4.90 Å². The van der Waals surface area contributed by atoms with Crippen LogP contribution in [-0.4, -0.2) is 34.0 Å². The summed E-state index contributed by atoms with van der Waals surface area (Å²) >= 11 is 0. The van der Waals surface area contributed by atoms with Crippen molar-refractivity contribution in [2.24, 2.45) is 0 Å². The molecule has 4 heteroatoms. The number of carbonyl (C=O) groups excluding carboxylic acids is 1. The minimum absolute atomic E-state index is 0.764. The third-order valence-corrected chi connectivity index (χ3v) is 0.911. The molecule has 0 aromatic heterocycles. The van der Waals surface area contributed by atoms with Crippen molar-refractivity contribution in [1.29, 1.82) is 0 Å². The van der Waals surface area contributed by atoms with Crippen LogP contribution in [0.25, 0.3) is 0 Å². The zero-order valence-corrected chi connectivity index (χ0v) is 5.40. The first-order valence-electron chi connectivity index (χ1n) is 2.62. The molecule has 0 aromatic carbocycles. The molecule has 1 radical (unpaired) electrons. The molecule has 0 saturated heterocycles. The molecule has 2 unspecified atom stereocenters. The van der Waals surface area contributed by atoms with Crippen LogP contribution in [0, 0.1) is 0 Å². The van der Waals surface area contributed by atoms with Gasteiger partial charge in [-0.25, -0.2) is 0 Å². The maximum absolute atomic E-state index is 9.87. The van der Waals surface area contributed by atoms with Crippen molar-refractivity contribution in [3.63, 3.8) is 0 Å². The number of amides is 1. The summed E-state index contributed by atoms with van der Waals surface area (Å²) in [6.45, 7) is 2.75. The Morgan fingerprint density at radius 2 is 1.67 bits per heavy atom. The number of aliphatic hydroxyl groups excluding tert-OH is 2. The molecule has 4 nitrogen and oxygen atoms in total. The molecule has 0 spiro atoms. The SMILES string of the molecule is CC(O)N([C]=O)C(C)O. The summed E-state index contributed by atoms with van der Waals surface area (Å²) in [5, 5.41) is 17.4. The molecule has 0 aliphatic heterocycles. The van der Waals surface area contributed by atoms with Gasteiger partial charge in [0, 0.05) is 0 Å². The van der Waals surface area contributed by atoms with E-state index in [1.54, 1.807) is 0 Å². The molecule has 0 heterocycles. The summed E-state index contributed by atoms with van der Waals surface area (Å²) in [5.41, 5.74) is 0. The predicted octanol–water partition coefficient (Wildman–Crippen LogP) is -0.968. The summed E-state index contributed by atoms with van der Waals surface area (Å²) in [5.74, 6) is 0. The van der Waals surface area contributed by atoms with Gasteiger partial charge in [-0.1, -0.05) is 0 Å². The molecule has 0 aliphatic rings. The fourth-order valence-electron chi connectivity index (χ4n) is 0.465. The zero-order valence-electron chi connectivity index (χ0n) is 5.40. The first-order valence-corrected chi connectivity index (χ1v) is 2.62. The van der Waals surface area contributed by atoms with Gasteiger partial charge in [-0.15, -0.1) is 0 Å². The third kappa shape index (κ3) is 2.43. The molecular weight excluding hydrogens is 122 g/mol.